The Morgan fingerprint density at radius 3 is 1.03 bits per heavy atom. The molecule has 3 saturated heterocycles. The molecule has 3 aromatic rings. The van der Waals surface area contributed by atoms with Crippen LogP contribution in [-0.2, 0) is 32.5 Å². The smallest absolute Gasteiger partial charge is 0.476 e. The summed E-state index contributed by atoms with van der Waals surface area (Å²) in [5.41, 5.74) is -1.70. The molecule has 0 spiro atoms. The predicted octanol–water partition coefficient (Wildman–Crippen LogP) is 7.47. The third-order valence-corrected chi connectivity index (χ3v) is 14.9. The third kappa shape index (κ3) is 7.79. The van der Waals surface area contributed by atoms with E-state index in [9.17, 15) is 30.2 Å². The number of carbonyl (C=O) groups excluding carboxylic acids is 3. The molecule has 65 heavy (non-hydrogen) atoms. The normalized spacial score (nSPS) is 27.3. The van der Waals surface area contributed by atoms with Gasteiger partial charge in [0, 0.05) is 55.6 Å². The fourth-order valence-electron chi connectivity index (χ4n) is 10.4. The maximum atomic E-state index is 16.8. The van der Waals surface area contributed by atoms with Crippen molar-refractivity contribution in [2.45, 2.75) is 133 Å². The number of carbonyl (C=O) groups is 3. The van der Waals surface area contributed by atoms with Gasteiger partial charge in [0.25, 0.3) is 0 Å². The molecule has 16 nitrogen and oxygen atoms in total. The van der Waals surface area contributed by atoms with Gasteiger partial charge in [-0.1, -0.05) is 0 Å². The van der Waals surface area contributed by atoms with Gasteiger partial charge in [-0.25, -0.2) is 4.57 Å². The molecule has 6 heterocycles. The molecule has 6 aliphatic heterocycles. The van der Waals surface area contributed by atoms with Gasteiger partial charge in [0.05, 0.1) is 53.0 Å². The van der Waals surface area contributed by atoms with Crippen LogP contribution in [0.3, 0.4) is 0 Å². The van der Waals surface area contributed by atoms with Crippen molar-refractivity contribution < 1.29 is 46.7 Å². The molecule has 0 unspecified atom stereocenters. The summed E-state index contributed by atoms with van der Waals surface area (Å²) in [4.78, 5) is 46.4. The number of hydrogen-bond acceptors (Lipinski definition) is 13. The lowest BCUT2D eigenvalue weighted by molar-refractivity contribution is -0.155. The van der Waals surface area contributed by atoms with E-state index in [4.69, 9.17) is 27.8 Å². The number of benzene rings is 3. The Labute approximate surface area is 378 Å². The summed E-state index contributed by atoms with van der Waals surface area (Å²) in [5.74, 6) is 0.705. The number of amides is 3. The van der Waals surface area contributed by atoms with Gasteiger partial charge in [-0.2, -0.15) is 15.8 Å². The Kier molecular flexibility index (Phi) is 11.0. The highest BCUT2D eigenvalue weighted by Crippen LogP contribution is 2.64. The standard InChI is InChI=1S/C48H51N6O10P/c1-46(2)43(40(52-19-7-10-37(52)55)31-22-28(25-49)13-16-34(31)59-46)62-65(58,63-44-41(53-20-8-11-38(53)56)32-23-29(26-50)14-17-35(32)60-47(44,3)4)64-45-42(54-21-9-12-39(54)57)33-24-30(27-51)15-18-36(33)61-48(45,5)6/h13-18,22-24,40-45H,7-12,19-21H2,1-6H3/t40-,41-,42-,43-,44-,45-/m1/s1. The molecule has 0 N–H and O–H groups in total. The summed E-state index contributed by atoms with van der Waals surface area (Å²) >= 11 is 0. The first kappa shape index (κ1) is 44.3. The average molecular weight is 903 g/mol. The van der Waals surface area contributed by atoms with Gasteiger partial charge in [-0.3, -0.25) is 28.0 Å². The highest BCUT2D eigenvalue weighted by atomic mass is 31.2. The second-order valence-corrected chi connectivity index (χ2v) is 20.7. The van der Waals surface area contributed by atoms with Crippen LogP contribution in [-0.4, -0.2) is 87.2 Å². The molecule has 0 radical (unpaired) electrons. The number of nitriles is 3. The molecule has 0 aromatic heterocycles. The van der Waals surface area contributed by atoms with E-state index in [1.54, 1.807) is 111 Å². The van der Waals surface area contributed by atoms with Crippen molar-refractivity contribution in [3.63, 3.8) is 0 Å². The van der Waals surface area contributed by atoms with E-state index in [1.807, 2.05) is 0 Å². The summed E-state index contributed by atoms with van der Waals surface area (Å²) in [6.07, 6.45) is -1.43. The summed E-state index contributed by atoms with van der Waals surface area (Å²) in [6.45, 7) is 11.5. The maximum absolute atomic E-state index is 16.8. The molecule has 3 amide bonds. The van der Waals surface area contributed by atoms with Crippen LogP contribution in [0, 0.1) is 34.0 Å². The van der Waals surface area contributed by atoms with Crippen molar-refractivity contribution in [3.8, 4) is 35.5 Å². The lowest BCUT2D eigenvalue weighted by atomic mass is 9.85. The third-order valence-electron chi connectivity index (χ3n) is 13.5. The number of likely N-dealkylation sites (tertiary alicyclic amines) is 3. The molecule has 3 fully saturated rings. The van der Waals surface area contributed by atoms with E-state index in [-0.39, 0.29) is 37.0 Å². The number of nitrogens with zero attached hydrogens (tertiary/aromatic N) is 6. The molecule has 0 bridgehead atoms. The second-order valence-electron chi connectivity index (χ2n) is 19.1. The largest absolute Gasteiger partial charge is 0.485 e. The average Bonchev–Trinajstić information content (AvgIpc) is 4.01. The van der Waals surface area contributed by atoms with Crippen molar-refractivity contribution >= 4 is 25.5 Å². The number of hydrogen-bond donors (Lipinski definition) is 0. The zero-order chi connectivity index (χ0) is 46.2. The van der Waals surface area contributed by atoms with Gasteiger partial charge < -0.3 is 28.9 Å². The molecule has 338 valence electrons. The van der Waals surface area contributed by atoms with Crippen molar-refractivity contribution in [1.82, 2.24) is 14.7 Å². The first-order chi connectivity index (χ1) is 30.9. The molecule has 3 aromatic carbocycles. The van der Waals surface area contributed by atoms with E-state index in [1.165, 1.54) is 0 Å². The fraction of sp³-hybridized carbons (Fsp3) is 0.500. The number of ether oxygens (including phenoxy) is 3. The summed E-state index contributed by atoms with van der Waals surface area (Å²) in [6, 6.07) is 18.5. The van der Waals surface area contributed by atoms with E-state index in [2.05, 4.69) is 18.2 Å². The number of phosphoric acid groups is 1. The molecule has 0 aliphatic carbocycles. The minimum Gasteiger partial charge on any atom is -0.485 e. The van der Waals surface area contributed by atoms with E-state index >= 15 is 4.57 Å². The van der Waals surface area contributed by atoms with Crippen molar-refractivity contribution in [3.05, 3.63) is 88.0 Å². The minimum atomic E-state index is -5.20. The monoisotopic (exact) mass is 902 g/mol. The van der Waals surface area contributed by atoms with Crippen LogP contribution in [0.5, 0.6) is 17.2 Å². The van der Waals surface area contributed by atoms with Crippen molar-refractivity contribution in [2.24, 2.45) is 0 Å². The quantitative estimate of drug-likeness (QED) is 0.191. The number of rotatable bonds is 9. The summed E-state index contributed by atoms with van der Waals surface area (Å²) < 4.78 is 57.7. The van der Waals surface area contributed by atoms with E-state index in [0.717, 1.165) is 0 Å². The van der Waals surface area contributed by atoms with Crippen LogP contribution >= 0.6 is 7.82 Å². The van der Waals surface area contributed by atoms with Crippen LogP contribution in [0.25, 0.3) is 0 Å². The number of fused-ring (bicyclic) bond motifs is 3. The maximum Gasteiger partial charge on any atom is 0.476 e. The number of phosphoric ester groups is 1. The Hall–Kier alpha value is -5.95. The molecular weight excluding hydrogens is 852 g/mol. The van der Waals surface area contributed by atoms with Crippen LogP contribution in [0.2, 0.25) is 0 Å². The lowest BCUT2D eigenvalue weighted by Gasteiger charge is -2.51. The summed E-state index contributed by atoms with van der Waals surface area (Å²) in [5, 5.41) is 30.1. The first-order valence-electron chi connectivity index (χ1n) is 22.1. The van der Waals surface area contributed by atoms with Gasteiger partial charge in [0.2, 0.25) is 17.7 Å². The van der Waals surface area contributed by atoms with Crippen LogP contribution in [0.4, 0.5) is 0 Å². The summed E-state index contributed by atoms with van der Waals surface area (Å²) in [7, 11) is -5.20. The molecular formula is C48H51N6O10P. The van der Waals surface area contributed by atoms with Crippen LogP contribution in [0.1, 0.15) is 132 Å². The molecule has 0 saturated carbocycles. The van der Waals surface area contributed by atoms with Gasteiger partial charge in [-0.15, -0.1) is 0 Å². The van der Waals surface area contributed by atoms with E-state index in [0.29, 0.717) is 89.5 Å². The molecule has 6 atom stereocenters. The predicted molar refractivity (Wildman–Crippen MR) is 231 cm³/mol. The minimum absolute atomic E-state index is 0.176. The SMILES string of the molecule is CC1(C)Oc2ccc(C#N)cc2[C@@H](N2CCCC2=O)[C@H]1OP(=O)(O[C@@H]1[C@H](N2CCCC2=O)c2cc(C#N)ccc2OC1(C)C)O[C@@H]1[C@H](N2CCCC2=O)c2cc(C#N)ccc2OC1(C)C. The second kappa shape index (κ2) is 16.2. The highest BCUT2D eigenvalue weighted by Gasteiger charge is 2.60. The van der Waals surface area contributed by atoms with Crippen molar-refractivity contribution in [1.29, 1.82) is 15.8 Å². The van der Waals surface area contributed by atoms with Gasteiger partial charge in [0.15, 0.2) is 0 Å². The fourth-order valence-corrected chi connectivity index (χ4v) is 12.5. The van der Waals surface area contributed by atoms with Crippen LogP contribution in [0.15, 0.2) is 54.6 Å². The lowest BCUT2D eigenvalue weighted by Crippen LogP contribution is -2.58. The molecule has 9 rings (SSSR count). The van der Waals surface area contributed by atoms with Gasteiger partial charge in [-0.05, 0) is 115 Å². The molecule has 6 aliphatic rings. The molecule has 17 heteroatoms. The van der Waals surface area contributed by atoms with Gasteiger partial charge in [0.1, 0.15) is 52.4 Å². The Morgan fingerprint density at radius 1 is 0.523 bits per heavy atom. The highest BCUT2D eigenvalue weighted by molar-refractivity contribution is 7.48. The van der Waals surface area contributed by atoms with Crippen LogP contribution < -0.4 is 14.2 Å². The Morgan fingerprint density at radius 2 is 0.800 bits per heavy atom. The van der Waals surface area contributed by atoms with Gasteiger partial charge >= 0.3 is 7.82 Å². The first-order valence-corrected chi connectivity index (χ1v) is 23.6. The Balaban J connectivity index is 1.24. The van der Waals surface area contributed by atoms with E-state index < -0.39 is 61.1 Å². The Bertz CT molecular complexity index is 2380. The topological polar surface area (TPSA) is 205 Å². The zero-order valence-electron chi connectivity index (χ0n) is 37.2. The zero-order valence-corrected chi connectivity index (χ0v) is 38.1. The van der Waals surface area contributed by atoms with Crippen molar-refractivity contribution in [2.75, 3.05) is 19.6 Å².